The predicted octanol–water partition coefficient (Wildman–Crippen LogP) is -0.444. The van der Waals surface area contributed by atoms with Gasteiger partial charge in [0.05, 0.1) is 40.0 Å². The molecule has 0 aromatic rings. The molecule has 4 nitrogen and oxygen atoms in total. The monoisotopic (exact) mass is 322 g/mol. The van der Waals surface area contributed by atoms with Gasteiger partial charge in [-0.2, -0.15) is 0 Å². The van der Waals surface area contributed by atoms with Crippen molar-refractivity contribution in [2.75, 3.05) is 40.0 Å². The summed E-state index contributed by atoms with van der Waals surface area (Å²) in [5, 5.41) is 0. The summed E-state index contributed by atoms with van der Waals surface area (Å²) in [5.74, 6) is 0. The molecule has 0 aromatic heterocycles. The first-order chi connectivity index (χ1) is 4.90. The van der Waals surface area contributed by atoms with Crippen molar-refractivity contribution in [1.82, 2.24) is 19.6 Å². The van der Waals surface area contributed by atoms with Gasteiger partial charge in [0.25, 0.3) is 0 Å². The molecule has 6 heteroatoms. The van der Waals surface area contributed by atoms with Crippen LogP contribution < -0.4 is 0 Å². The summed E-state index contributed by atoms with van der Waals surface area (Å²) in [7, 11) is 0. The molecular formula is C6H13BrN4Ru. The van der Waals surface area contributed by atoms with Gasteiger partial charge < -0.3 is 0 Å². The second kappa shape index (κ2) is 3.99. The Labute approximate surface area is 96.0 Å². The molecule has 4 fully saturated rings. The molecule has 4 bridgehead atoms. The summed E-state index contributed by atoms with van der Waals surface area (Å²) in [5.41, 5.74) is 0. The average molecular weight is 322 g/mol. The Morgan fingerprint density at radius 1 is 0.500 bits per heavy atom. The zero-order valence-electron chi connectivity index (χ0n) is 6.79. The van der Waals surface area contributed by atoms with Gasteiger partial charge in [-0.25, -0.2) is 0 Å². The van der Waals surface area contributed by atoms with Crippen LogP contribution >= 0.6 is 17.0 Å². The molecule has 4 heterocycles. The van der Waals surface area contributed by atoms with Gasteiger partial charge >= 0.3 is 0 Å². The number of hydrogen-bond acceptors (Lipinski definition) is 4. The van der Waals surface area contributed by atoms with Crippen molar-refractivity contribution in [3.8, 4) is 0 Å². The fraction of sp³-hybridized carbons (Fsp3) is 1.00. The van der Waals surface area contributed by atoms with Crippen molar-refractivity contribution in [1.29, 1.82) is 0 Å². The number of halogens is 1. The first-order valence-electron chi connectivity index (χ1n) is 3.79. The van der Waals surface area contributed by atoms with Crippen LogP contribution in [0.25, 0.3) is 0 Å². The van der Waals surface area contributed by atoms with E-state index < -0.39 is 0 Å². The van der Waals surface area contributed by atoms with Gasteiger partial charge in [0.1, 0.15) is 0 Å². The van der Waals surface area contributed by atoms with Gasteiger partial charge in [0.2, 0.25) is 0 Å². The van der Waals surface area contributed by atoms with Crippen LogP contribution in [-0.4, -0.2) is 59.6 Å². The third-order valence-electron chi connectivity index (χ3n) is 2.40. The topological polar surface area (TPSA) is 13.0 Å². The Morgan fingerprint density at radius 3 is 0.833 bits per heavy atom. The van der Waals surface area contributed by atoms with Crippen molar-refractivity contribution in [2.24, 2.45) is 0 Å². The summed E-state index contributed by atoms with van der Waals surface area (Å²) >= 11 is 0. The molecule has 0 amide bonds. The van der Waals surface area contributed by atoms with Crippen LogP contribution in [0.5, 0.6) is 0 Å². The SMILES string of the molecule is Br.C1N2CN3CN1CN(C2)C3.[Ru]. The van der Waals surface area contributed by atoms with E-state index in [2.05, 4.69) is 19.6 Å². The molecule has 0 atom stereocenters. The summed E-state index contributed by atoms with van der Waals surface area (Å²) in [4.78, 5) is 9.88. The van der Waals surface area contributed by atoms with Crippen LogP contribution in [0.3, 0.4) is 0 Å². The maximum absolute atomic E-state index is 2.47. The van der Waals surface area contributed by atoms with Gasteiger partial charge in [0.15, 0.2) is 0 Å². The van der Waals surface area contributed by atoms with E-state index in [0.717, 1.165) is 0 Å². The van der Waals surface area contributed by atoms with E-state index in [1.165, 1.54) is 40.0 Å². The molecule has 0 saturated carbocycles. The molecule has 0 aliphatic carbocycles. The van der Waals surface area contributed by atoms with E-state index >= 15 is 0 Å². The smallest absolute Gasteiger partial charge is 0.0555 e. The predicted molar refractivity (Wildman–Crippen MR) is 46.9 cm³/mol. The number of nitrogens with zero attached hydrogens (tertiary/aromatic N) is 4. The van der Waals surface area contributed by atoms with Crippen molar-refractivity contribution in [2.45, 2.75) is 0 Å². The van der Waals surface area contributed by atoms with Crippen LogP contribution in [0.2, 0.25) is 0 Å². The van der Waals surface area contributed by atoms with E-state index in [-0.39, 0.29) is 36.5 Å². The minimum Gasteiger partial charge on any atom is -0.264 e. The van der Waals surface area contributed by atoms with Crippen molar-refractivity contribution in [3.63, 3.8) is 0 Å². The first-order valence-corrected chi connectivity index (χ1v) is 3.79. The third kappa shape index (κ3) is 1.74. The van der Waals surface area contributed by atoms with Crippen molar-refractivity contribution >= 4 is 17.0 Å². The Hall–Kier alpha value is 0.943. The van der Waals surface area contributed by atoms with Gasteiger partial charge in [-0.15, -0.1) is 17.0 Å². The molecule has 4 saturated heterocycles. The second-order valence-corrected chi connectivity index (χ2v) is 3.53. The number of hydrogen-bond donors (Lipinski definition) is 0. The van der Waals surface area contributed by atoms with Crippen LogP contribution in [0.4, 0.5) is 0 Å². The molecule has 4 rings (SSSR count). The Kier molecular flexibility index (Phi) is 3.66. The maximum Gasteiger partial charge on any atom is 0.0555 e. The minimum absolute atomic E-state index is 0. The van der Waals surface area contributed by atoms with Gasteiger partial charge in [-0.05, 0) is 0 Å². The molecule has 0 unspecified atom stereocenters. The molecule has 4 aliphatic heterocycles. The third-order valence-corrected chi connectivity index (χ3v) is 2.40. The maximum atomic E-state index is 2.47. The molecule has 0 N–H and O–H groups in total. The first kappa shape index (κ1) is 11.0. The summed E-state index contributed by atoms with van der Waals surface area (Å²) in [6, 6.07) is 0. The standard InChI is InChI=1S/C6H12N4.BrH.Ru/c1-7-2-9-4-8(1)5-10(3-7)6-9;;/h1-6H2;1H;. The Bertz CT molecular complexity index is 111. The van der Waals surface area contributed by atoms with E-state index in [9.17, 15) is 0 Å². The van der Waals surface area contributed by atoms with Crippen LogP contribution in [0, 0.1) is 0 Å². The van der Waals surface area contributed by atoms with Crippen LogP contribution in [0.1, 0.15) is 0 Å². The molecule has 0 aromatic carbocycles. The van der Waals surface area contributed by atoms with Gasteiger partial charge in [-0.1, -0.05) is 0 Å². The van der Waals surface area contributed by atoms with E-state index in [0.29, 0.717) is 0 Å². The van der Waals surface area contributed by atoms with E-state index in [4.69, 9.17) is 0 Å². The largest absolute Gasteiger partial charge is 0.264 e. The molecule has 0 radical (unpaired) electrons. The van der Waals surface area contributed by atoms with Gasteiger partial charge in [0, 0.05) is 19.5 Å². The van der Waals surface area contributed by atoms with E-state index in [1.807, 2.05) is 0 Å². The second-order valence-electron chi connectivity index (χ2n) is 3.53. The summed E-state index contributed by atoms with van der Waals surface area (Å²) in [6.07, 6.45) is 0. The normalized spacial score (nSPS) is 48.0. The van der Waals surface area contributed by atoms with Gasteiger partial charge in [-0.3, -0.25) is 19.6 Å². The average Bonchev–Trinajstić information content (AvgIpc) is 1.82. The Balaban J connectivity index is 0.000000360. The fourth-order valence-electron chi connectivity index (χ4n) is 2.23. The molecule has 72 valence electrons. The molecule has 12 heavy (non-hydrogen) atoms. The quantitative estimate of drug-likeness (QED) is 0.561. The number of rotatable bonds is 0. The van der Waals surface area contributed by atoms with E-state index in [1.54, 1.807) is 0 Å². The zero-order chi connectivity index (χ0) is 6.55. The van der Waals surface area contributed by atoms with Crippen LogP contribution in [-0.2, 0) is 19.5 Å². The van der Waals surface area contributed by atoms with Crippen molar-refractivity contribution in [3.05, 3.63) is 0 Å². The Morgan fingerprint density at radius 2 is 0.667 bits per heavy atom. The minimum atomic E-state index is 0. The molecule has 4 aliphatic rings. The zero-order valence-corrected chi connectivity index (χ0v) is 10.2. The molecule has 0 spiro atoms. The van der Waals surface area contributed by atoms with Crippen LogP contribution in [0.15, 0.2) is 0 Å². The summed E-state index contributed by atoms with van der Waals surface area (Å²) < 4.78 is 0. The molecular weight excluding hydrogens is 309 g/mol. The summed E-state index contributed by atoms with van der Waals surface area (Å²) in [6.45, 7) is 7.12. The van der Waals surface area contributed by atoms with Crippen molar-refractivity contribution < 1.29 is 19.5 Å². The fourth-order valence-corrected chi connectivity index (χ4v) is 2.23.